The number of nitrogens with one attached hydrogen (secondary N) is 1. The molecule has 0 unspecified atom stereocenters. The molecule has 0 aliphatic heterocycles. The molecule has 0 spiro atoms. The normalized spacial score (nSPS) is 11.3. The average molecular weight is 420 g/mol. The van der Waals surface area contributed by atoms with Gasteiger partial charge in [-0.25, -0.2) is 9.59 Å². The number of carboxylic acids is 1. The first-order chi connectivity index (χ1) is 14.1. The molecular weight excluding hydrogens is 405 g/mol. The number of fused-ring (bicyclic) bond motifs is 1. The summed E-state index contributed by atoms with van der Waals surface area (Å²) in [5.74, 6) is -2.60. The van der Waals surface area contributed by atoms with E-state index < -0.39 is 35.0 Å². The molecule has 0 amide bonds. The third-order valence-electron chi connectivity index (χ3n) is 4.19. The van der Waals surface area contributed by atoms with Gasteiger partial charge in [-0.05, 0) is 37.3 Å². The van der Waals surface area contributed by atoms with Crippen LogP contribution in [0, 0.1) is 0 Å². The van der Waals surface area contributed by atoms with E-state index in [0.29, 0.717) is 0 Å². The maximum absolute atomic E-state index is 13.0. The van der Waals surface area contributed by atoms with Crippen molar-refractivity contribution in [2.24, 2.45) is 0 Å². The number of hydrogen-bond donors (Lipinski definition) is 3. The highest BCUT2D eigenvalue weighted by atomic mass is 19.4. The first-order valence-electron chi connectivity index (χ1n) is 8.62. The summed E-state index contributed by atoms with van der Waals surface area (Å²) in [7, 11) is 0. The molecule has 30 heavy (non-hydrogen) atoms. The molecule has 0 saturated carbocycles. The predicted octanol–water partition coefficient (Wildman–Crippen LogP) is 4.58. The van der Waals surface area contributed by atoms with Gasteiger partial charge < -0.3 is 20.3 Å². The second-order valence-electron chi connectivity index (χ2n) is 6.16. The second-order valence-corrected chi connectivity index (χ2v) is 6.16. The van der Waals surface area contributed by atoms with E-state index in [-0.39, 0.29) is 34.4 Å². The van der Waals surface area contributed by atoms with Crippen LogP contribution in [-0.2, 0) is 10.9 Å². The Morgan fingerprint density at radius 3 is 2.50 bits per heavy atom. The first-order valence-corrected chi connectivity index (χ1v) is 8.62. The molecule has 0 bridgehead atoms. The lowest BCUT2D eigenvalue weighted by Gasteiger charge is -2.16. The fraction of sp³-hybridized carbons (Fsp3) is 0.150. The SMILES string of the molecule is CCOC(=O)c1cnc2cc(C(F)(F)F)ccc2c1Nc1ccc(O)c(C(=O)O)c1. The number of ether oxygens (including phenoxy) is 1. The van der Waals surface area contributed by atoms with E-state index >= 15 is 0 Å². The van der Waals surface area contributed by atoms with E-state index in [0.717, 1.165) is 36.5 Å². The molecule has 0 radical (unpaired) electrons. The lowest BCUT2D eigenvalue weighted by molar-refractivity contribution is -0.137. The lowest BCUT2D eigenvalue weighted by atomic mass is 10.1. The number of nitrogens with zero attached hydrogens (tertiary/aromatic N) is 1. The van der Waals surface area contributed by atoms with Gasteiger partial charge in [-0.15, -0.1) is 0 Å². The van der Waals surface area contributed by atoms with Crippen LogP contribution >= 0.6 is 0 Å². The van der Waals surface area contributed by atoms with Gasteiger partial charge in [-0.2, -0.15) is 13.2 Å². The Balaban J connectivity index is 2.18. The Morgan fingerprint density at radius 2 is 1.87 bits per heavy atom. The topological polar surface area (TPSA) is 109 Å². The molecule has 2 aromatic carbocycles. The number of esters is 1. The van der Waals surface area contributed by atoms with Crippen LogP contribution in [0.1, 0.15) is 33.2 Å². The van der Waals surface area contributed by atoms with Crippen molar-refractivity contribution in [3.8, 4) is 5.75 Å². The largest absolute Gasteiger partial charge is 0.507 e. The molecule has 1 heterocycles. The Kier molecular flexibility index (Phi) is 5.50. The molecular formula is C20H15F3N2O5. The molecule has 3 aromatic rings. The van der Waals surface area contributed by atoms with Gasteiger partial charge in [-0.3, -0.25) is 4.98 Å². The summed E-state index contributed by atoms with van der Waals surface area (Å²) in [4.78, 5) is 27.5. The van der Waals surface area contributed by atoms with Gasteiger partial charge in [-0.1, -0.05) is 6.07 Å². The molecule has 0 fully saturated rings. The Labute approximate surface area is 167 Å². The summed E-state index contributed by atoms with van der Waals surface area (Å²) < 4.78 is 44.1. The number of alkyl halides is 3. The zero-order valence-corrected chi connectivity index (χ0v) is 15.4. The number of carbonyl (C=O) groups excluding carboxylic acids is 1. The highest BCUT2D eigenvalue weighted by Crippen LogP contribution is 2.35. The summed E-state index contributed by atoms with van der Waals surface area (Å²) in [5, 5.41) is 21.9. The first kappa shape index (κ1) is 20.9. The number of carbonyl (C=O) groups is 2. The maximum atomic E-state index is 13.0. The minimum absolute atomic E-state index is 0.0300. The fourth-order valence-corrected chi connectivity index (χ4v) is 2.80. The molecule has 3 N–H and O–H groups in total. The minimum Gasteiger partial charge on any atom is -0.507 e. The Hall–Kier alpha value is -3.82. The molecule has 156 valence electrons. The third kappa shape index (κ3) is 4.12. The van der Waals surface area contributed by atoms with Crippen molar-refractivity contribution in [2.75, 3.05) is 11.9 Å². The van der Waals surface area contributed by atoms with E-state index in [4.69, 9.17) is 9.84 Å². The lowest BCUT2D eigenvalue weighted by Crippen LogP contribution is -2.10. The van der Waals surface area contributed by atoms with Crippen molar-refractivity contribution in [3.05, 3.63) is 59.3 Å². The third-order valence-corrected chi connectivity index (χ3v) is 4.19. The maximum Gasteiger partial charge on any atom is 0.416 e. The van der Waals surface area contributed by atoms with Gasteiger partial charge >= 0.3 is 18.1 Å². The summed E-state index contributed by atoms with van der Waals surface area (Å²) >= 11 is 0. The van der Waals surface area contributed by atoms with E-state index in [9.17, 15) is 27.9 Å². The number of carboxylic acid groups (broad SMARTS) is 1. The molecule has 0 aliphatic rings. The Bertz CT molecular complexity index is 1150. The number of benzene rings is 2. The summed E-state index contributed by atoms with van der Waals surface area (Å²) in [6.07, 6.45) is -3.49. The highest BCUT2D eigenvalue weighted by molar-refractivity contribution is 6.06. The number of halogens is 3. The summed E-state index contributed by atoms with van der Waals surface area (Å²) in [6.45, 7) is 1.65. The molecule has 7 nitrogen and oxygen atoms in total. The number of aromatic carboxylic acids is 1. The van der Waals surface area contributed by atoms with Crippen molar-refractivity contribution in [2.45, 2.75) is 13.1 Å². The smallest absolute Gasteiger partial charge is 0.416 e. The van der Waals surface area contributed by atoms with E-state index in [1.807, 2.05) is 0 Å². The van der Waals surface area contributed by atoms with E-state index in [2.05, 4.69) is 10.3 Å². The van der Waals surface area contributed by atoms with E-state index in [1.165, 1.54) is 6.07 Å². The van der Waals surface area contributed by atoms with E-state index in [1.54, 1.807) is 6.92 Å². The minimum atomic E-state index is -4.57. The predicted molar refractivity (Wildman–Crippen MR) is 101 cm³/mol. The van der Waals surface area contributed by atoms with Gasteiger partial charge in [0.25, 0.3) is 0 Å². The second kappa shape index (κ2) is 7.90. The van der Waals surface area contributed by atoms with Crippen molar-refractivity contribution in [1.82, 2.24) is 4.98 Å². The van der Waals surface area contributed by atoms with Crippen molar-refractivity contribution in [1.29, 1.82) is 0 Å². The van der Waals surface area contributed by atoms with Gasteiger partial charge in [0, 0.05) is 17.3 Å². The summed E-state index contributed by atoms with van der Waals surface area (Å²) in [5.41, 5.74) is -1.10. The number of phenols is 1. The number of anilines is 2. The van der Waals surface area contributed by atoms with Crippen LogP contribution < -0.4 is 5.32 Å². The monoisotopic (exact) mass is 420 g/mol. The molecule has 0 saturated heterocycles. The number of hydrogen-bond acceptors (Lipinski definition) is 6. The van der Waals surface area contributed by atoms with Gasteiger partial charge in [0.2, 0.25) is 0 Å². The zero-order valence-electron chi connectivity index (χ0n) is 15.4. The summed E-state index contributed by atoms with van der Waals surface area (Å²) in [6, 6.07) is 6.48. The van der Waals surface area contributed by atoms with Crippen molar-refractivity contribution >= 4 is 34.2 Å². The highest BCUT2D eigenvalue weighted by Gasteiger charge is 2.31. The number of pyridine rings is 1. The molecule has 1 aromatic heterocycles. The van der Waals surface area contributed by atoms with Gasteiger partial charge in [0.1, 0.15) is 16.9 Å². The number of aromatic nitrogens is 1. The molecule has 0 aliphatic carbocycles. The number of aromatic hydroxyl groups is 1. The van der Waals surface area contributed by atoms with Crippen molar-refractivity contribution in [3.63, 3.8) is 0 Å². The molecule has 0 atom stereocenters. The molecule has 3 rings (SSSR count). The van der Waals surface area contributed by atoms with Crippen LogP contribution in [0.25, 0.3) is 10.9 Å². The zero-order chi connectivity index (χ0) is 22.1. The quantitative estimate of drug-likeness (QED) is 0.410. The van der Waals surface area contributed by atoms with Crippen LogP contribution in [0.5, 0.6) is 5.75 Å². The fourth-order valence-electron chi connectivity index (χ4n) is 2.80. The van der Waals surface area contributed by atoms with Gasteiger partial charge in [0.05, 0.1) is 23.4 Å². The van der Waals surface area contributed by atoms with Gasteiger partial charge in [0.15, 0.2) is 0 Å². The van der Waals surface area contributed by atoms with Crippen LogP contribution in [0.3, 0.4) is 0 Å². The number of rotatable bonds is 5. The van der Waals surface area contributed by atoms with Crippen molar-refractivity contribution < 1.29 is 37.7 Å². The molecule has 10 heteroatoms. The average Bonchev–Trinajstić information content (AvgIpc) is 2.68. The standard InChI is InChI=1S/C20H15F3N2O5/c1-2-30-19(29)14-9-24-15-7-10(20(21,22)23)3-5-12(15)17(14)25-11-4-6-16(26)13(8-11)18(27)28/h3-9,26H,2H2,1H3,(H,24,25)(H,27,28). The van der Waals surface area contributed by atoms with Crippen LogP contribution in [0.15, 0.2) is 42.6 Å². The van der Waals surface area contributed by atoms with Crippen LogP contribution in [0.4, 0.5) is 24.5 Å². The van der Waals surface area contributed by atoms with Crippen LogP contribution in [-0.4, -0.2) is 33.7 Å². The van der Waals surface area contributed by atoms with Crippen LogP contribution in [0.2, 0.25) is 0 Å². The Morgan fingerprint density at radius 1 is 1.13 bits per heavy atom.